The predicted octanol–water partition coefficient (Wildman–Crippen LogP) is 6.57. The molecule has 0 radical (unpaired) electrons. The average molecular weight is 396 g/mol. The van der Waals surface area contributed by atoms with E-state index in [0.717, 1.165) is 21.9 Å². The zero-order chi connectivity index (χ0) is 20.1. The molecule has 4 heteroatoms. The molecule has 2 heterocycles. The number of hydrogen-bond donors (Lipinski definition) is 0. The van der Waals surface area contributed by atoms with E-state index < -0.39 is 0 Å². The lowest BCUT2D eigenvalue weighted by atomic mass is 10.1. The first-order valence-corrected chi connectivity index (χ1v) is 10.3. The van der Waals surface area contributed by atoms with Gasteiger partial charge in [-0.3, -0.25) is 0 Å². The summed E-state index contributed by atoms with van der Waals surface area (Å²) in [5, 5.41) is 0. The third-order valence-corrected chi connectivity index (χ3v) is 5.30. The molecular formula is C25H21N3S. The van der Waals surface area contributed by atoms with Crippen LogP contribution in [-0.4, -0.2) is 15.0 Å². The standard InChI is InChI=1S/C25H21N3S/c1-18-10-9-15-22(17-16-19(2)29-18)25-27-23(20-11-5-3-6-12-20)26-24(28-25)21-13-7-4-8-14-21/h3-17,22H,2H2,1H3/b15-9-,17-16?,18-10+. The first kappa shape index (κ1) is 19.1. The van der Waals surface area contributed by atoms with Crippen molar-refractivity contribution >= 4 is 11.8 Å². The van der Waals surface area contributed by atoms with Crippen LogP contribution in [0.25, 0.3) is 22.8 Å². The Hall–Kier alpha value is -3.24. The lowest BCUT2D eigenvalue weighted by molar-refractivity contribution is 0.883. The summed E-state index contributed by atoms with van der Waals surface area (Å²) < 4.78 is 0. The van der Waals surface area contributed by atoms with Crippen molar-refractivity contribution < 1.29 is 0 Å². The molecule has 0 amide bonds. The fourth-order valence-electron chi connectivity index (χ4n) is 3.01. The number of thioether (sulfide) groups is 1. The maximum Gasteiger partial charge on any atom is 0.163 e. The molecule has 1 aromatic heterocycles. The molecule has 0 aliphatic carbocycles. The zero-order valence-corrected chi connectivity index (χ0v) is 17.0. The van der Waals surface area contributed by atoms with E-state index >= 15 is 0 Å². The van der Waals surface area contributed by atoms with Crippen LogP contribution in [-0.2, 0) is 0 Å². The van der Waals surface area contributed by atoms with Crippen LogP contribution in [0.4, 0.5) is 0 Å². The molecule has 0 spiro atoms. The highest BCUT2D eigenvalue weighted by atomic mass is 32.2. The fraction of sp³-hybridized carbons (Fsp3) is 0.0800. The van der Waals surface area contributed by atoms with E-state index in [1.807, 2.05) is 66.7 Å². The lowest BCUT2D eigenvalue weighted by Gasteiger charge is -2.11. The molecule has 1 unspecified atom stereocenters. The van der Waals surface area contributed by atoms with Crippen molar-refractivity contribution in [3.05, 3.63) is 113 Å². The van der Waals surface area contributed by atoms with Crippen molar-refractivity contribution in [2.45, 2.75) is 12.8 Å². The van der Waals surface area contributed by atoms with E-state index in [9.17, 15) is 0 Å². The van der Waals surface area contributed by atoms with E-state index in [-0.39, 0.29) is 5.92 Å². The Balaban J connectivity index is 1.85. The van der Waals surface area contributed by atoms with Crippen LogP contribution >= 0.6 is 11.8 Å². The second-order valence-electron chi connectivity index (χ2n) is 6.69. The van der Waals surface area contributed by atoms with Gasteiger partial charge in [0, 0.05) is 16.0 Å². The van der Waals surface area contributed by atoms with Crippen molar-refractivity contribution in [1.82, 2.24) is 15.0 Å². The molecule has 142 valence electrons. The SMILES string of the molecule is C=C1C=CC(c2nc(-c3ccccc3)nc(-c3ccccc3)n2)/C=C\C=C(/C)S1. The number of aromatic nitrogens is 3. The third kappa shape index (κ3) is 4.79. The van der Waals surface area contributed by atoms with E-state index in [0.29, 0.717) is 11.6 Å². The van der Waals surface area contributed by atoms with Gasteiger partial charge in [0.25, 0.3) is 0 Å². The van der Waals surface area contributed by atoms with E-state index in [1.165, 1.54) is 4.91 Å². The van der Waals surface area contributed by atoms with E-state index in [1.54, 1.807) is 11.8 Å². The first-order chi connectivity index (χ1) is 14.2. The van der Waals surface area contributed by atoms with Gasteiger partial charge in [-0.25, -0.2) is 15.0 Å². The lowest BCUT2D eigenvalue weighted by Crippen LogP contribution is -2.06. The molecule has 1 aliphatic rings. The van der Waals surface area contributed by atoms with Crippen LogP contribution < -0.4 is 0 Å². The summed E-state index contributed by atoms with van der Waals surface area (Å²) in [6.45, 7) is 6.20. The molecule has 2 aromatic carbocycles. The summed E-state index contributed by atoms with van der Waals surface area (Å²) in [6, 6.07) is 20.0. The van der Waals surface area contributed by atoms with Gasteiger partial charge in [0.1, 0.15) is 5.82 Å². The minimum atomic E-state index is -0.0672. The number of nitrogens with zero attached hydrogens (tertiary/aromatic N) is 3. The number of benzene rings is 2. The van der Waals surface area contributed by atoms with Crippen molar-refractivity contribution in [3.8, 4) is 22.8 Å². The van der Waals surface area contributed by atoms with Gasteiger partial charge >= 0.3 is 0 Å². The quantitative estimate of drug-likeness (QED) is 0.503. The minimum Gasteiger partial charge on any atom is -0.212 e. The highest BCUT2D eigenvalue weighted by Crippen LogP contribution is 2.29. The fourth-order valence-corrected chi connectivity index (χ4v) is 3.71. The average Bonchev–Trinajstić information content (AvgIpc) is 2.84. The van der Waals surface area contributed by atoms with Gasteiger partial charge < -0.3 is 0 Å². The molecule has 0 saturated carbocycles. The number of hydrogen-bond acceptors (Lipinski definition) is 4. The summed E-state index contributed by atoms with van der Waals surface area (Å²) in [4.78, 5) is 16.6. The summed E-state index contributed by atoms with van der Waals surface area (Å²) in [5.74, 6) is 2.01. The Kier molecular flexibility index (Phi) is 5.82. The van der Waals surface area contributed by atoms with Gasteiger partial charge in [0.2, 0.25) is 0 Å². The summed E-state index contributed by atoms with van der Waals surface area (Å²) >= 11 is 1.66. The van der Waals surface area contributed by atoms with Crippen molar-refractivity contribution in [2.24, 2.45) is 0 Å². The Labute approximate surface area is 175 Å². The number of allylic oxidation sites excluding steroid dienone is 6. The van der Waals surface area contributed by atoms with Gasteiger partial charge in [-0.05, 0) is 11.8 Å². The Bertz CT molecular complexity index is 1040. The maximum atomic E-state index is 4.82. The van der Waals surface area contributed by atoms with Gasteiger partial charge in [-0.1, -0.05) is 109 Å². The van der Waals surface area contributed by atoms with Crippen LogP contribution in [0.15, 0.2) is 107 Å². The van der Waals surface area contributed by atoms with Crippen molar-refractivity contribution in [3.63, 3.8) is 0 Å². The Morgan fingerprint density at radius 3 is 1.97 bits per heavy atom. The van der Waals surface area contributed by atoms with Crippen LogP contribution in [0.5, 0.6) is 0 Å². The summed E-state index contributed by atoms with van der Waals surface area (Å²) in [6.07, 6.45) is 10.4. The van der Waals surface area contributed by atoms with Gasteiger partial charge in [-0.15, -0.1) is 0 Å². The van der Waals surface area contributed by atoms with Crippen molar-refractivity contribution in [1.29, 1.82) is 0 Å². The zero-order valence-electron chi connectivity index (χ0n) is 16.2. The molecular weight excluding hydrogens is 374 g/mol. The third-order valence-electron chi connectivity index (χ3n) is 4.45. The summed E-state index contributed by atoms with van der Waals surface area (Å²) in [7, 11) is 0. The molecule has 0 saturated heterocycles. The highest BCUT2D eigenvalue weighted by molar-refractivity contribution is 8.06. The van der Waals surface area contributed by atoms with Crippen LogP contribution in [0.3, 0.4) is 0 Å². The number of rotatable bonds is 3. The van der Waals surface area contributed by atoms with Gasteiger partial charge in [-0.2, -0.15) is 0 Å². The molecule has 0 fully saturated rings. The van der Waals surface area contributed by atoms with Gasteiger partial charge in [0.05, 0.1) is 5.92 Å². The largest absolute Gasteiger partial charge is 0.212 e. The highest BCUT2D eigenvalue weighted by Gasteiger charge is 2.15. The van der Waals surface area contributed by atoms with Crippen LogP contribution in [0.1, 0.15) is 18.7 Å². The topological polar surface area (TPSA) is 38.7 Å². The smallest absolute Gasteiger partial charge is 0.163 e. The van der Waals surface area contributed by atoms with E-state index in [2.05, 4.69) is 37.8 Å². The normalized spacial score (nSPS) is 19.6. The summed E-state index contributed by atoms with van der Waals surface area (Å²) in [5.41, 5.74) is 1.94. The van der Waals surface area contributed by atoms with Crippen molar-refractivity contribution in [2.75, 3.05) is 0 Å². The molecule has 4 rings (SSSR count). The minimum absolute atomic E-state index is 0.0672. The molecule has 0 bridgehead atoms. The maximum absolute atomic E-state index is 4.82. The van der Waals surface area contributed by atoms with Crippen LogP contribution in [0, 0.1) is 0 Å². The molecule has 1 atom stereocenters. The Morgan fingerprint density at radius 2 is 1.38 bits per heavy atom. The second kappa shape index (κ2) is 8.84. The van der Waals surface area contributed by atoms with Gasteiger partial charge in [0.15, 0.2) is 11.6 Å². The second-order valence-corrected chi connectivity index (χ2v) is 8.06. The Morgan fingerprint density at radius 1 is 0.793 bits per heavy atom. The predicted molar refractivity (Wildman–Crippen MR) is 122 cm³/mol. The molecule has 1 aliphatic heterocycles. The molecule has 29 heavy (non-hydrogen) atoms. The monoisotopic (exact) mass is 395 g/mol. The van der Waals surface area contributed by atoms with Crippen LogP contribution in [0.2, 0.25) is 0 Å². The molecule has 0 N–H and O–H groups in total. The first-order valence-electron chi connectivity index (χ1n) is 9.46. The molecule has 3 nitrogen and oxygen atoms in total. The van der Waals surface area contributed by atoms with E-state index in [4.69, 9.17) is 15.0 Å². The molecule has 3 aromatic rings.